The van der Waals surface area contributed by atoms with E-state index in [-0.39, 0.29) is 6.04 Å². The Morgan fingerprint density at radius 2 is 1.83 bits per heavy atom. The number of hydrogen-bond acceptors (Lipinski definition) is 4. The Bertz CT molecular complexity index is 682. The van der Waals surface area contributed by atoms with Crippen LogP contribution in [0.25, 0.3) is 0 Å². The standard InChI is InChI=1S/C18H22F2N4/c1-13-10-22-16(11-21-13)12-23-5-7-24(8-6-23)14(2)17-4-3-15(19)9-18(17)20/h3-4,9-11,14H,5-8,12H2,1-2H3. The summed E-state index contributed by atoms with van der Waals surface area (Å²) in [4.78, 5) is 13.2. The molecule has 0 bridgehead atoms. The molecular formula is C18H22F2N4. The first-order chi connectivity index (χ1) is 11.5. The molecule has 1 aliphatic rings. The summed E-state index contributed by atoms with van der Waals surface area (Å²) < 4.78 is 27.0. The summed E-state index contributed by atoms with van der Waals surface area (Å²) in [7, 11) is 0. The van der Waals surface area contributed by atoms with Crippen molar-refractivity contribution in [2.75, 3.05) is 26.2 Å². The van der Waals surface area contributed by atoms with Gasteiger partial charge in [-0.1, -0.05) is 6.07 Å². The maximum Gasteiger partial charge on any atom is 0.130 e. The van der Waals surface area contributed by atoms with Crippen molar-refractivity contribution in [2.24, 2.45) is 0 Å². The minimum absolute atomic E-state index is 0.0630. The van der Waals surface area contributed by atoms with Gasteiger partial charge in [0, 0.05) is 62.8 Å². The minimum Gasteiger partial charge on any atom is -0.295 e. The zero-order valence-electron chi connectivity index (χ0n) is 14.0. The highest BCUT2D eigenvalue weighted by molar-refractivity contribution is 5.22. The lowest BCUT2D eigenvalue weighted by Crippen LogP contribution is -2.46. The zero-order chi connectivity index (χ0) is 17.1. The molecule has 24 heavy (non-hydrogen) atoms. The number of nitrogens with zero attached hydrogens (tertiary/aromatic N) is 4. The first-order valence-corrected chi connectivity index (χ1v) is 8.22. The molecule has 1 aromatic carbocycles. The molecule has 0 radical (unpaired) electrons. The number of aryl methyl sites for hydroxylation is 1. The minimum atomic E-state index is -0.535. The highest BCUT2D eigenvalue weighted by Gasteiger charge is 2.24. The van der Waals surface area contributed by atoms with Crippen LogP contribution in [0.4, 0.5) is 8.78 Å². The molecule has 0 saturated carbocycles. The molecule has 1 saturated heterocycles. The van der Waals surface area contributed by atoms with Crippen LogP contribution >= 0.6 is 0 Å². The second-order valence-electron chi connectivity index (χ2n) is 6.30. The first-order valence-electron chi connectivity index (χ1n) is 8.22. The summed E-state index contributed by atoms with van der Waals surface area (Å²) in [6.45, 7) is 8.14. The molecular weight excluding hydrogens is 310 g/mol. The van der Waals surface area contributed by atoms with Gasteiger partial charge in [-0.15, -0.1) is 0 Å². The van der Waals surface area contributed by atoms with Crippen LogP contribution < -0.4 is 0 Å². The number of benzene rings is 1. The molecule has 1 unspecified atom stereocenters. The van der Waals surface area contributed by atoms with E-state index in [1.807, 2.05) is 20.0 Å². The van der Waals surface area contributed by atoms with Crippen LogP contribution in [0.15, 0.2) is 30.6 Å². The third kappa shape index (κ3) is 3.94. The molecule has 3 rings (SSSR count). The normalized spacial score (nSPS) is 17.8. The molecule has 1 aromatic heterocycles. The molecule has 4 nitrogen and oxygen atoms in total. The third-order valence-corrected chi connectivity index (χ3v) is 4.59. The van der Waals surface area contributed by atoms with E-state index in [0.717, 1.165) is 50.2 Å². The number of hydrogen-bond donors (Lipinski definition) is 0. The Kier molecular flexibility index (Phi) is 5.16. The number of halogens is 2. The average molecular weight is 332 g/mol. The summed E-state index contributed by atoms with van der Waals surface area (Å²) in [6, 6.07) is 3.76. The second-order valence-corrected chi connectivity index (χ2v) is 6.30. The Labute approximate surface area is 141 Å². The topological polar surface area (TPSA) is 32.3 Å². The van der Waals surface area contributed by atoms with E-state index in [0.29, 0.717) is 5.56 Å². The van der Waals surface area contributed by atoms with Gasteiger partial charge in [0.2, 0.25) is 0 Å². The van der Waals surface area contributed by atoms with E-state index >= 15 is 0 Å². The maximum absolute atomic E-state index is 14.0. The zero-order valence-corrected chi connectivity index (χ0v) is 14.0. The molecule has 128 valence electrons. The van der Waals surface area contributed by atoms with Gasteiger partial charge < -0.3 is 0 Å². The van der Waals surface area contributed by atoms with Crippen LogP contribution in [0.3, 0.4) is 0 Å². The van der Waals surface area contributed by atoms with Crippen LogP contribution in [-0.4, -0.2) is 45.9 Å². The van der Waals surface area contributed by atoms with Crippen LogP contribution in [-0.2, 0) is 6.54 Å². The van der Waals surface area contributed by atoms with E-state index in [9.17, 15) is 8.78 Å². The van der Waals surface area contributed by atoms with Gasteiger partial charge in [-0.2, -0.15) is 0 Å². The van der Waals surface area contributed by atoms with E-state index in [4.69, 9.17) is 0 Å². The average Bonchev–Trinajstić information content (AvgIpc) is 2.57. The Hall–Kier alpha value is -1.92. The van der Waals surface area contributed by atoms with Gasteiger partial charge in [0.15, 0.2) is 0 Å². The van der Waals surface area contributed by atoms with Crippen molar-refractivity contribution in [1.82, 2.24) is 19.8 Å². The van der Waals surface area contributed by atoms with Gasteiger partial charge in [0.1, 0.15) is 11.6 Å². The number of piperazine rings is 1. The smallest absolute Gasteiger partial charge is 0.130 e. The third-order valence-electron chi connectivity index (χ3n) is 4.59. The van der Waals surface area contributed by atoms with Gasteiger partial charge in [-0.3, -0.25) is 19.8 Å². The van der Waals surface area contributed by atoms with Crippen molar-refractivity contribution in [1.29, 1.82) is 0 Å². The van der Waals surface area contributed by atoms with E-state index in [1.54, 1.807) is 12.3 Å². The number of rotatable bonds is 4. The fraction of sp³-hybridized carbons (Fsp3) is 0.444. The summed E-state index contributed by atoms with van der Waals surface area (Å²) in [5.41, 5.74) is 2.43. The van der Waals surface area contributed by atoms with Crippen molar-refractivity contribution < 1.29 is 8.78 Å². The van der Waals surface area contributed by atoms with E-state index in [1.165, 1.54) is 6.07 Å². The summed E-state index contributed by atoms with van der Waals surface area (Å²) >= 11 is 0. The van der Waals surface area contributed by atoms with Gasteiger partial charge in [0.05, 0.1) is 11.4 Å². The van der Waals surface area contributed by atoms with Crippen molar-refractivity contribution >= 4 is 0 Å². The van der Waals surface area contributed by atoms with Crippen molar-refractivity contribution in [3.8, 4) is 0 Å². The first kappa shape index (κ1) is 16.9. The largest absolute Gasteiger partial charge is 0.295 e. The van der Waals surface area contributed by atoms with Crippen molar-refractivity contribution in [3.63, 3.8) is 0 Å². The van der Waals surface area contributed by atoms with Crippen LogP contribution in [0.1, 0.15) is 29.9 Å². The Balaban J connectivity index is 1.57. The van der Waals surface area contributed by atoms with Gasteiger partial charge in [-0.05, 0) is 19.9 Å². The molecule has 0 aliphatic carbocycles. The summed E-state index contributed by atoms with van der Waals surface area (Å²) in [6.07, 6.45) is 3.60. The fourth-order valence-electron chi connectivity index (χ4n) is 3.08. The fourth-order valence-corrected chi connectivity index (χ4v) is 3.08. The van der Waals surface area contributed by atoms with Gasteiger partial charge in [0.25, 0.3) is 0 Å². The summed E-state index contributed by atoms with van der Waals surface area (Å²) in [5.74, 6) is -1.01. The highest BCUT2D eigenvalue weighted by Crippen LogP contribution is 2.24. The van der Waals surface area contributed by atoms with Crippen LogP contribution in [0, 0.1) is 18.6 Å². The SMILES string of the molecule is Cc1cnc(CN2CCN(C(C)c3ccc(F)cc3F)CC2)cn1. The molecule has 1 fully saturated rings. The Morgan fingerprint density at radius 1 is 1.08 bits per heavy atom. The van der Waals surface area contributed by atoms with Crippen molar-refractivity contribution in [3.05, 3.63) is 59.2 Å². The molecule has 1 atom stereocenters. The number of aromatic nitrogens is 2. The quantitative estimate of drug-likeness (QED) is 0.862. The lowest BCUT2D eigenvalue weighted by atomic mass is 10.1. The predicted molar refractivity (Wildman–Crippen MR) is 88.4 cm³/mol. The molecule has 1 aliphatic heterocycles. The monoisotopic (exact) mass is 332 g/mol. The Morgan fingerprint density at radius 3 is 2.46 bits per heavy atom. The van der Waals surface area contributed by atoms with E-state index < -0.39 is 11.6 Å². The lowest BCUT2D eigenvalue weighted by molar-refractivity contribution is 0.0956. The summed E-state index contributed by atoms with van der Waals surface area (Å²) in [5, 5.41) is 0. The molecule has 6 heteroatoms. The van der Waals surface area contributed by atoms with E-state index in [2.05, 4.69) is 19.8 Å². The molecule has 0 spiro atoms. The maximum atomic E-state index is 14.0. The van der Waals surface area contributed by atoms with Gasteiger partial charge in [-0.25, -0.2) is 8.78 Å². The highest BCUT2D eigenvalue weighted by atomic mass is 19.1. The second kappa shape index (κ2) is 7.32. The van der Waals surface area contributed by atoms with Crippen molar-refractivity contribution in [2.45, 2.75) is 26.4 Å². The molecule has 2 heterocycles. The predicted octanol–water partition coefficient (Wildman–Crippen LogP) is 2.94. The molecule has 0 amide bonds. The van der Waals surface area contributed by atoms with Gasteiger partial charge >= 0.3 is 0 Å². The van der Waals surface area contributed by atoms with Crippen LogP contribution in [0.5, 0.6) is 0 Å². The van der Waals surface area contributed by atoms with Crippen LogP contribution in [0.2, 0.25) is 0 Å². The molecule has 0 N–H and O–H groups in total. The molecule has 2 aromatic rings. The lowest BCUT2D eigenvalue weighted by Gasteiger charge is -2.38.